The zero-order chi connectivity index (χ0) is 23.8. The van der Waals surface area contributed by atoms with Crippen molar-refractivity contribution in [1.29, 1.82) is 0 Å². The number of hydrogen-bond donors (Lipinski definition) is 1. The van der Waals surface area contributed by atoms with Crippen LogP contribution in [0.25, 0.3) is 5.69 Å². The number of rotatable bonds is 5. The van der Waals surface area contributed by atoms with Crippen molar-refractivity contribution in [3.8, 4) is 11.4 Å². The quantitative estimate of drug-likeness (QED) is 0.403. The third-order valence-electron chi connectivity index (χ3n) is 5.63. The van der Waals surface area contributed by atoms with Crippen LogP contribution >= 0.6 is 11.8 Å². The van der Waals surface area contributed by atoms with Crippen LogP contribution in [0.1, 0.15) is 74.2 Å². The fraction of sp³-hybridized carbons (Fsp3) is 0.440. The Balaban J connectivity index is 1.91. The average molecular weight is 453 g/mol. The summed E-state index contributed by atoms with van der Waals surface area (Å²) in [5, 5.41) is 23.6. The number of phenols is 1. The highest BCUT2D eigenvalue weighted by Crippen LogP contribution is 2.40. The van der Waals surface area contributed by atoms with Crippen LogP contribution in [0.3, 0.4) is 0 Å². The number of carbonyl (C=O) groups is 1. The van der Waals surface area contributed by atoms with Crippen LogP contribution in [0.2, 0.25) is 0 Å². The molecule has 0 fully saturated rings. The highest BCUT2D eigenvalue weighted by atomic mass is 32.2. The van der Waals surface area contributed by atoms with Crippen molar-refractivity contribution < 1.29 is 9.90 Å². The Hall–Kier alpha value is -2.67. The molecule has 0 aliphatic rings. The summed E-state index contributed by atoms with van der Waals surface area (Å²) in [6.45, 7) is 16.3. The second-order valence-electron chi connectivity index (χ2n) is 10.2. The molecule has 3 aromatic rings. The van der Waals surface area contributed by atoms with E-state index in [2.05, 4.69) is 15.5 Å². The predicted molar refractivity (Wildman–Crippen MR) is 129 cm³/mol. The summed E-state index contributed by atoms with van der Waals surface area (Å²) in [4.78, 5) is 13.2. The molecule has 0 unspecified atom stereocenters. The SMILES string of the molecule is Cc1cccc(-n2nnnc2SCC(=O)c2cc(C(C)(C)C)c(O)c(C(C)(C)C)c2)c1C. The Morgan fingerprint density at radius 3 is 2.19 bits per heavy atom. The van der Waals surface area contributed by atoms with Crippen molar-refractivity contribution in [2.24, 2.45) is 0 Å². The van der Waals surface area contributed by atoms with Gasteiger partial charge in [0.2, 0.25) is 5.16 Å². The second kappa shape index (κ2) is 8.70. The first-order valence-corrected chi connectivity index (χ1v) is 11.7. The van der Waals surface area contributed by atoms with Gasteiger partial charge >= 0.3 is 0 Å². The summed E-state index contributed by atoms with van der Waals surface area (Å²) in [6.07, 6.45) is 0. The molecule has 170 valence electrons. The number of nitrogens with zero attached hydrogens (tertiary/aromatic N) is 4. The van der Waals surface area contributed by atoms with Crippen LogP contribution in [-0.2, 0) is 10.8 Å². The van der Waals surface area contributed by atoms with E-state index in [0.717, 1.165) is 27.9 Å². The van der Waals surface area contributed by atoms with E-state index in [-0.39, 0.29) is 28.1 Å². The molecule has 0 radical (unpaired) electrons. The van der Waals surface area contributed by atoms with E-state index < -0.39 is 0 Å². The smallest absolute Gasteiger partial charge is 0.214 e. The zero-order valence-electron chi connectivity index (χ0n) is 20.1. The lowest BCUT2D eigenvalue weighted by Crippen LogP contribution is -2.19. The molecule has 1 aromatic heterocycles. The number of carbonyl (C=O) groups excluding carboxylic acids is 1. The summed E-state index contributed by atoms with van der Waals surface area (Å²) in [7, 11) is 0. The third kappa shape index (κ3) is 4.88. The molecular weight excluding hydrogens is 420 g/mol. The number of Topliss-reactive ketones (excluding diaryl/α,β-unsaturated/α-hetero) is 1. The van der Waals surface area contributed by atoms with Gasteiger partial charge in [0.1, 0.15) is 5.75 Å². The lowest BCUT2D eigenvalue weighted by molar-refractivity contribution is 0.102. The van der Waals surface area contributed by atoms with Crippen LogP contribution in [0.4, 0.5) is 0 Å². The van der Waals surface area contributed by atoms with Crippen LogP contribution in [0.5, 0.6) is 5.75 Å². The Morgan fingerprint density at radius 2 is 1.62 bits per heavy atom. The Morgan fingerprint density at radius 1 is 1.03 bits per heavy atom. The van der Waals surface area contributed by atoms with Gasteiger partial charge in [-0.05, 0) is 64.4 Å². The maximum atomic E-state index is 13.2. The van der Waals surface area contributed by atoms with Crippen molar-refractivity contribution in [2.45, 2.75) is 71.4 Å². The minimum atomic E-state index is -0.291. The standard InChI is InChI=1S/C25H32N4O2S/c1-15-10-9-11-20(16(15)2)29-23(26-27-28-29)32-14-21(30)17-12-18(24(3,4)5)22(31)19(13-17)25(6,7)8/h9-13,31H,14H2,1-8H3. The molecule has 0 amide bonds. The lowest BCUT2D eigenvalue weighted by Gasteiger charge is -2.28. The second-order valence-corrected chi connectivity index (χ2v) is 11.2. The molecule has 0 atom stereocenters. The zero-order valence-corrected chi connectivity index (χ0v) is 21.0. The number of thioether (sulfide) groups is 1. The fourth-order valence-corrected chi connectivity index (χ4v) is 4.32. The monoisotopic (exact) mass is 452 g/mol. The first kappa shape index (κ1) is 24.0. The van der Waals surface area contributed by atoms with Crippen molar-refractivity contribution in [3.63, 3.8) is 0 Å². The topological polar surface area (TPSA) is 80.9 Å². The number of ketones is 1. The molecule has 2 aromatic carbocycles. The molecule has 0 aliphatic carbocycles. The Labute approximate surface area is 194 Å². The molecule has 0 spiro atoms. The van der Waals surface area contributed by atoms with Gasteiger partial charge in [-0.1, -0.05) is 65.4 Å². The number of benzene rings is 2. The molecular formula is C25H32N4O2S. The van der Waals surface area contributed by atoms with Crippen LogP contribution < -0.4 is 0 Å². The van der Waals surface area contributed by atoms with Crippen molar-refractivity contribution in [3.05, 3.63) is 58.1 Å². The van der Waals surface area contributed by atoms with Gasteiger partial charge in [0.05, 0.1) is 11.4 Å². The molecule has 7 heteroatoms. The highest BCUT2D eigenvalue weighted by Gasteiger charge is 2.28. The van der Waals surface area contributed by atoms with Gasteiger partial charge in [0.15, 0.2) is 5.78 Å². The first-order valence-electron chi connectivity index (χ1n) is 10.7. The van der Waals surface area contributed by atoms with Crippen molar-refractivity contribution in [2.75, 3.05) is 5.75 Å². The molecule has 0 bridgehead atoms. The van der Waals surface area contributed by atoms with Gasteiger partial charge in [0, 0.05) is 16.7 Å². The van der Waals surface area contributed by atoms with Gasteiger partial charge < -0.3 is 5.11 Å². The molecule has 1 N–H and O–H groups in total. The fourth-order valence-electron chi connectivity index (χ4n) is 3.54. The number of aromatic nitrogens is 4. The summed E-state index contributed by atoms with van der Waals surface area (Å²) >= 11 is 1.31. The van der Waals surface area contributed by atoms with Gasteiger partial charge in [0.25, 0.3) is 0 Å². The summed E-state index contributed by atoms with van der Waals surface area (Å²) < 4.78 is 1.68. The van der Waals surface area contributed by atoms with E-state index in [9.17, 15) is 9.90 Å². The van der Waals surface area contributed by atoms with Gasteiger partial charge in [-0.15, -0.1) is 5.10 Å². The number of hydrogen-bond acceptors (Lipinski definition) is 6. The summed E-state index contributed by atoms with van der Waals surface area (Å²) in [5.74, 6) is 0.443. The average Bonchev–Trinajstić information content (AvgIpc) is 3.15. The van der Waals surface area contributed by atoms with E-state index in [1.165, 1.54) is 11.8 Å². The number of aryl methyl sites for hydroxylation is 1. The van der Waals surface area contributed by atoms with E-state index in [0.29, 0.717) is 10.7 Å². The molecule has 32 heavy (non-hydrogen) atoms. The maximum absolute atomic E-state index is 13.2. The van der Waals surface area contributed by atoms with Crippen LogP contribution in [0, 0.1) is 13.8 Å². The molecule has 0 aliphatic heterocycles. The largest absolute Gasteiger partial charge is 0.507 e. The highest BCUT2D eigenvalue weighted by molar-refractivity contribution is 7.99. The maximum Gasteiger partial charge on any atom is 0.214 e. The van der Waals surface area contributed by atoms with Gasteiger partial charge in [-0.3, -0.25) is 4.79 Å². The van der Waals surface area contributed by atoms with E-state index in [4.69, 9.17) is 0 Å². The van der Waals surface area contributed by atoms with Crippen molar-refractivity contribution in [1.82, 2.24) is 20.2 Å². The summed E-state index contributed by atoms with van der Waals surface area (Å²) in [6, 6.07) is 9.62. The predicted octanol–water partition coefficient (Wildman–Crippen LogP) is 5.55. The number of phenolic OH excluding ortho intramolecular Hbond substituents is 1. The minimum Gasteiger partial charge on any atom is -0.507 e. The molecule has 1 heterocycles. The van der Waals surface area contributed by atoms with Crippen molar-refractivity contribution >= 4 is 17.5 Å². The van der Waals surface area contributed by atoms with Crippen LogP contribution in [0.15, 0.2) is 35.5 Å². The number of aromatic hydroxyl groups is 1. The van der Waals surface area contributed by atoms with Gasteiger partial charge in [-0.25, -0.2) is 0 Å². The number of tetrazole rings is 1. The van der Waals surface area contributed by atoms with Crippen LogP contribution in [-0.4, -0.2) is 36.8 Å². The molecule has 0 saturated heterocycles. The first-order chi connectivity index (χ1) is 14.8. The minimum absolute atomic E-state index is 0.0264. The molecule has 0 saturated carbocycles. The Bertz CT molecular complexity index is 1120. The molecule has 3 rings (SSSR count). The Kier molecular flexibility index (Phi) is 6.52. The summed E-state index contributed by atoms with van der Waals surface area (Å²) in [5.41, 5.74) is 4.71. The lowest BCUT2D eigenvalue weighted by atomic mass is 9.78. The normalized spacial score (nSPS) is 12.2. The molecule has 6 nitrogen and oxygen atoms in total. The van der Waals surface area contributed by atoms with E-state index in [1.807, 2.05) is 85.7 Å². The van der Waals surface area contributed by atoms with Gasteiger partial charge in [-0.2, -0.15) is 4.68 Å². The van der Waals surface area contributed by atoms with E-state index in [1.54, 1.807) is 4.68 Å². The van der Waals surface area contributed by atoms with E-state index >= 15 is 0 Å². The third-order valence-corrected chi connectivity index (χ3v) is 6.54.